The lowest BCUT2D eigenvalue weighted by molar-refractivity contribution is -0.134. The van der Waals surface area contributed by atoms with Crippen LogP contribution >= 0.6 is 11.3 Å². The van der Waals surface area contributed by atoms with Gasteiger partial charge in [-0.2, -0.15) is 0 Å². The molecule has 1 aromatic rings. The summed E-state index contributed by atoms with van der Waals surface area (Å²) in [5.41, 5.74) is 0. The Morgan fingerprint density at radius 3 is 2.48 bits per heavy atom. The van der Waals surface area contributed by atoms with Crippen LogP contribution in [0.15, 0.2) is 0 Å². The number of anilines is 1. The molecular formula is C17H27N5O2S. The Labute approximate surface area is 152 Å². The summed E-state index contributed by atoms with van der Waals surface area (Å²) < 4.78 is 0. The van der Waals surface area contributed by atoms with Gasteiger partial charge in [-0.05, 0) is 19.3 Å². The van der Waals surface area contributed by atoms with Crippen LogP contribution in [0.2, 0.25) is 0 Å². The lowest BCUT2D eigenvalue weighted by Crippen LogP contribution is -2.51. The molecule has 1 saturated carbocycles. The second-order valence-electron chi connectivity index (χ2n) is 6.76. The van der Waals surface area contributed by atoms with Crippen LogP contribution in [0.4, 0.5) is 5.13 Å². The molecule has 138 valence electrons. The summed E-state index contributed by atoms with van der Waals surface area (Å²) in [6, 6.07) is 0.725. The molecule has 0 bridgehead atoms. The van der Waals surface area contributed by atoms with Crippen molar-refractivity contribution in [3.63, 3.8) is 0 Å². The molecule has 0 spiro atoms. The van der Waals surface area contributed by atoms with E-state index in [1.165, 1.54) is 37.0 Å². The number of carbonyl (C=O) groups excluding carboxylic acids is 2. The second-order valence-corrected chi connectivity index (χ2v) is 7.82. The molecule has 2 aliphatic rings. The van der Waals surface area contributed by atoms with E-state index >= 15 is 0 Å². The monoisotopic (exact) mass is 365 g/mol. The SMILES string of the molecule is CCc1nnc(NC(=O)CCC(=O)N2CCN(C3CCCC3)CC2)s1. The third-order valence-corrected chi connectivity index (χ3v) is 6.07. The average molecular weight is 366 g/mol. The molecule has 0 aromatic carbocycles. The first kappa shape index (κ1) is 18.3. The van der Waals surface area contributed by atoms with E-state index < -0.39 is 0 Å². The maximum absolute atomic E-state index is 12.3. The fourth-order valence-corrected chi connectivity index (χ4v) is 4.31. The Morgan fingerprint density at radius 1 is 1.12 bits per heavy atom. The van der Waals surface area contributed by atoms with Crippen molar-refractivity contribution >= 4 is 28.3 Å². The summed E-state index contributed by atoms with van der Waals surface area (Å²) in [5.74, 6) is -0.0931. The number of piperazine rings is 1. The third kappa shape index (κ3) is 4.98. The molecule has 8 heteroatoms. The molecule has 2 heterocycles. The quantitative estimate of drug-likeness (QED) is 0.833. The first-order chi connectivity index (χ1) is 12.2. The molecule has 2 amide bonds. The van der Waals surface area contributed by atoms with Crippen LogP contribution in [0.25, 0.3) is 0 Å². The van der Waals surface area contributed by atoms with E-state index in [-0.39, 0.29) is 24.7 Å². The fourth-order valence-electron chi connectivity index (χ4n) is 3.61. The number of aromatic nitrogens is 2. The van der Waals surface area contributed by atoms with Gasteiger partial charge in [0.15, 0.2) is 0 Å². The zero-order valence-corrected chi connectivity index (χ0v) is 15.7. The van der Waals surface area contributed by atoms with Crippen molar-refractivity contribution in [2.24, 2.45) is 0 Å². The number of nitrogens with zero attached hydrogens (tertiary/aromatic N) is 4. The molecule has 1 saturated heterocycles. The summed E-state index contributed by atoms with van der Waals surface area (Å²) in [4.78, 5) is 28.7. The largest absolute Gasteiger partial charge is 0.340 e. The van der Waals surface area contributed by atoms with Crippen LogP contribution in [-0.2, 0) is 16.0 Å². The molecule has 1 aromatic heterocycles. The van der Waals surface area contributed by atoms with Gasteiger partial charge in [0.1, 0.15) is 5.01 Å². The Kier molecular flexibility index (Phi) is 6.36. The molecule has 1 aliphatic carbocycles. The number of rotatable bonds is 6. The van der Waals surface area contributed by atoms with Crippen LogP contribution in [0.5, 0.6) is 0 Å². The van der Waals surface area contributed by atoms with Crippen molar-refractivity contribution in [1.82, 2.24) is 20.0 Å². The summed E-state index contributed by atoms with van der Waals surface area (Å²) in [7, 11) is 0. The Balaban J connectivity index is 1.37. The molecule has 2 fully saturated rings. The fraction of sp³-hybridized carbons (Fsp3) is 0.765. The van der Waals surface area contributed by atoms with Crippen molar-refractivity contribution in [3.8, 4) is 0 Å². The molecule has 7 nitrogen and oxygen atoms in total. The van der Waals surface area contributed by atoms with Gasteiger partial charge in [-0.25, -0.2) is 0 Å². The van der Waals surface area contributed by atoms with Crippen molar-refractivity contribution in [2.45, 2.75) is 57.9 Å². The molecule has 0 atom stereocenters. The van der Waals surface area contributed by atoms with Gasteiger partial charge in [-0.3, -0.25) is 14.5 Å². The summed E-state index contributed by atoms with van der Waals surface area (Å²) in [5, 5.41) is 12.0. The number of hydrogen-bond donors (Lipinski definition) is 1. The van der Waals surface area contributed by atoms with Crippen molar-refractivity contribution in [2.75, 3.05) is 31.5 Å². The number of amides is 2. The summed E-state index contributed by atoms with van der Waals surface area (Å²) in [6.45, 7) is 5.50. The summed E-state index contributed by atoms with van der Waals surface area (Å²) in [6.07, 6.45) is 6.55. The lowest BCUT2D eigenvalue weighted by atomic mass is 10.1. The zero-order valence-electron chi connectivity index (χ0n) is 14.9. The van der Waals surface area contributed by atoms with E-state index in [4.69, 9.17) is 0 Å². The molecular weight excluding hydrogens is 338 g/mol. The van der Waals surface area contributed by atoms with Crippen molar-refractivity contribution in [1.29, 1.82) is 0 Å². The van der Waals surface area contributed by atoms with Crippen LogP contribution in [0.1, 0.15) is 50.5 Å². The molecule has 1 aliphatic heterocycles. The Bertz CT molecular complexity index is 592. The second kappa shape index (κ2) is 8.71. The van der Waals surface area contributed by atoms with Crippen LogP contribution < -0.4 is 5.32 Å². The highest BCUT2D eigenvalue weighted by Gasteiger charge is 2.27. The molecule has 3 rings (SSSR count). The standard InChI is InChI=1S/C17H27N5O2S/c1-2-15-19-20-17(25-15)18-14(23)7-8-16(24)22-11-9-21(10-12-22)13-5-3-4-6-13/h13H,2-12H2,1H3,(H,18,20,23). The smallest absolute Gasteiger partial charge is 0.226 e. The minimum Gasteiger partial charge on any atom is -0.340 e. The van der Waals surface area contributed by atoms with E-state index in [2.05, 4.69) is 20.4 Å². The molecule has 25 heavy (non-hydrogen) atoms. The predicted molar refractivity (Wildman–Crippen MR) is 97.6 cm³/mol. The highest BCUT2D eigenvalue weighted by molar-refractivity contribution is 7.15. The number of carbonyl (C=O) groups is 2. The van der Waals surface area contributed by atoms with Crippen LogP contribution in [0.3, 0.4) is 0 Å². The van der Waals surface area contributed by atoms with Gasteiger partial charge in [0, 0.05) is 45.1 Å². The normalized spacial score (nSPS) is 19.3. The van der Waals surface area contributed by atoms with E-state index in [0.29, 0.717) is 5.13 Å². The van der Waals surface area contributed by atoms with Gasteiger partial charge in [-0.15, -0.1) is 10.2 Å². The highest BCUT2D eigenvalue weighted by atomic mass is 32.1. The van der Waals surface area contributed by atoms with Crippen molar-refractivity contribution < 1.29 is 9.59 Å². The number of nitrogens with one attached hydrogen (secondary N) is 1. The lowest BCUT2D eigenvalue weighted by Gasteiger charge is -2.38. The van der Waals surface area contributed by atoms with Crippen molar-refractivity contribution in [3.05, 3.63) is 5.01 Å². The van der Waals surface area contributed by atoms with E-state index in [9.17, 15) is 9.59 Å². The van der Waals surface area contributed by atoms with E-state index in [1.54, 1.807) is 0 Å². The molecule has 1 N–H and O–H groups in total. The topological polar surface area (TPSA) is 78.4 Å². The minimum atomic E-state index is -0.170. The van der Waals surface area contributed by atoms with Gasteiger partial charge >= 0.3 is 0 Å². The van der Waals surface area contributed by atoms with E-state index in [0.717, 1.165) is 43.6 Å². The zero-order chi connectivity index (χ0) is 17.6. The first-order valence-electron chi connectivity index (χ1n) is 9.29. The van der Waals surface area contributed by atoms with Gasteiger partial charge < -0.3 is 10.2 Å². The predicted octanol–water partition coefficient (Wildman–Crippen LogP) is 1.91. The highest BCUT2D eigenvalue weighted by Crippen LogP contribution is 2.24. The third-order valence-electron chi connectivity index (χ3n) is 5.09. The minimum absolute atomic E-state index is 0.0766. The van der Waals surface area contributed by atoms with E-state index in [1.807, 2.05) is 11.8 Å². The van der Waals surface area contributed by atoms with Crippen LogP contribution in [0, 0.1) is 0 Å². The average Bonchev–Trinajstić information content (AvgIpc) is 3.31. The van der Waals surface area contributed by atoms with Crippen LogP contribution in [-0.4, -0.2) is 64.0 Å². The number of hydrogen-bond acceptors (Lipinski definition) is 6. The first-order valence-corrected chi connectivity index (χ1v) is 10.1. The molecule has 0 unspecified atom stereocenters. The maximum atomic E-state index is 12.3. The Hall–Kier alpha value is -1.54. The van der Waals surface area contributed by atoms with Gasteiger partial charge in [0.25, 0.3) is 0 Å². The number of aryl methyl sites for hydroxylation is 1. The van der Waals surface area contributed by atoms with Gasteiger partial charge in [0.05, 0.1) is 0 Å². The summed E-state index contributed by atoms with van der Waals surface area (Å²) >= 11 is 1.38. The Morgan fingerprint density at radius 2 is 1.84 bits per heavy atom. The molecule has 0 radical (unpaired) electrons. The maximum Gasteiger partial charge on any atom is 0.226 e. The van der Waals surface area contributed by atoms with Gasteiger partial charge in [-0.1, -0.05) is 31.1 Å². The van der Waals surface area contributed by atoms with Gasteiger partial charge in [0.2, 0.25) is 16.9 Å².